The molecule has 3 aromatic heterocycles. The number of fused-ring (bicyclic) bond motifs is 9. The normalized spacial score (nSPS) is 12.7. The van der Waals surface area contributed by atoms with E-state index in [1.165, 1.54) is 109 Å². The van der Waals surface area contributed by atoms with Crippen LogP contribution in [-0.2, 0) is 6.42 Å². The van der Waals surface area contributed by atoms with Crippen molar-refractivity contribution in [2.45, 2.75) is 12.8 Å². The molecule has 3 heterocycles. The fourth-order valence-corrected chi connectivity index (χ4v) is 10.7. The van der Waals surface area contributed by atoms with Crippen molar-refractivity contribution in [2.24, 2.45) is 0 Å². The SMILES string of the molecule is C1=Cc2c(n(-c3ccccc3)c3c(-c4cccc5c4c4ccccc4n5-c4cc(-c5ccc(-c6ccccc6)cc5)c5sc6ccccc6c5c4)cccc23)CC1. The molecule has 0 saturated heterocycles. The highest BCUT2D eigenvalue weighted by Gasteiger charge is 2.24. The quantitative estimate of drug-likeness (QED) is 0.166. The molecule has 57 heavy (non-hydrogen) atoms. The number of benzene rings is 8. The molecule has 268 valence electrons. The summed E-state index contributed by atoms with van der Waals surface area (Å²) in [5, 5.41) is 6.43. The minimum Gasteiger partial charge on any atom is -0.312 e. The predicted molar refractivity (Wildman–Crippen MR) is 244 cm³/mol. The Morgan fingerprint density at radius 1 is 0.439 bits per heavy atom. The summed E-state index contributed by atoms with van der Waals surface area (Å²) >= 11 is 1.89. The number of aromatic nitrogens is 2. The second-order valence-electron chi connectivity index (χ2n) is 15.1. The van der Waals surface area contributed by atoms with Crippen LogP contribution in [0.4, 0.5) is 0 Å². The summed E-state index contributed by atoms with van der Waals surface area (Å²) in [5.41, 5.74) is 16.2. The monoisotopic (exact) mass is 744 g/mol. The molecule has 0 spiro atoms. The van der Waals surface area contributed by atoms with Gasteiger partial charge < -0.3 is 9.13 Å². The van der Waals surface area contributed by atoms with Gasteiger partial charge in [0.05, 0.1) is 16.6 Å². The Balaban J connectivity index is 1.13. The Bertz CT molecular complexity index is 3380. The first-order chi connectivity index (χ1) is 28.3. The zero-order chi connectivity index (χ0) is 37.5. The number of para-hydroxylation sites is 3. The van der Waals surface area contributed by atoms with Gasteiger partial charge in [0.2, 0.25) is 0 Å². The Morgan fingerprint density at radius 2 is 1.11 bits per heavy atom. The highest BCUT2D eigenvalue weighted by Crippen LogP contribution is 2.46. The minimum absolute atomic E-state index is 1.02. The second kappa shape index (κ2) is 12.8. The highest BCUT2D eigenvalue weighted by molar-refractivity contribution is 7.26. The van der Waals surface area contributed by atoms with Crippen molar-refractivity contribution in [1.82, 2.24) is 9.13 Å². The van der Waals surface area contributed by atoms with Crippen LogP contribution in [0.25, 0.3) is 104 Å². The van der Waals surface area contributed by atoms with Crippen molar-refractivity contribution in [3.05, 3.63) is 199 Å². The minimum atomic E-state index is 1.02. The summed E-state index contributed by atoms with van der Waals surface area (Å²) in [7, 11) is 0. The number of allylic oxidation sites excluding steroid dienone is 1. The average molecular weight is 745 g/mol. The van der Waals surface area contributed by atoms with Crippen LogP contribution >= 0.6 is 11.3 Å². The molecule has 3 heteroatoms. The lowest BCUT2D eigenvalue weighted by atomic mass is 9.96. The molecule has 0 aliphatic heterocycles. The van der Waals surface area contributed by atoms with Gasteiger partial charge in [0, 0.05) is 70.1 Å². The van der Waals surface area contributed by atoms with E-state index in [0.717, 1.165) is 12.8 Å². The van der Waals surface area contributed by atoms with E-state index in [-0.39, 0.29) is 0 Å². The molecule has 1 aliphatic carbocycles. The lowest BCUT2D eigenvalue weighted by Gasteiger charge is -2.15. The summed E-state index contributed by atoms with van der Waals surface area (Å²) in [6.45, 7) is 0. The Labute approximate surface area is 334 Å². The van der Waals surface area contributed by atoms with Crippen LogP contribution in [0, 0.1) is 0 Å². The van der Waals surface area contributed by atoms with Crippen molar-refractivity contribution in [3.63, 3.8) is 0 Å². The fraction of sp³-hybridized carbons (Fsp3) is 0.0370. The van der Waals surface area contributed by atoms with Crippen LogP contribution < -0.4 is 0 Å². The van der Waals surface area contributed by atoms with Gasteiger partial charge in [-0.1, -0.05) is 152 Å². The molecule has 0 radical (unpaired) electrons. The third-order valence-electron chi connectivity index (χ3n) is 12.0. The molecule has 0 fully saturated rings. The van der Waals surface area contributed by atoms with Crippen molar-refractivity contribution >= 4 is 70.3 Å². The van der Waals surface area contributed by atoms with Crippen LogP contribution in [0.5, 0.6) is 0 Å². The van der Waals surface area contributed by atoms with Crippen molar-refractivity contribution in [1.29, 1.82) is 0 Å². The molecule has 1 aliphatic rings. The average Bonchev–Trinajstić information content (AvgIpc) is 3.95. The van der Waals surface area contributed by atoms with Crippen molar-refractivity contribution in [2.75, 3.05) is 0 Å². The topological polar surface area (TPSA) is 9.86 Å². The van der Waals surface area contributed by atoms with Gasteiger partial charge >= 0.3 is 0 Å². The largest absolute Gasteiger partial charge is 0.312 e. The van der Waals surface area contributed by atoms with Gasteiger partial charge in [-0.15, -0.1) is 11.3 Å². The van der Waals surface area contributed by atoms with Gasteiger partial charge in [0.1, 0.15) is 0 Å². The first-order valence-corrected chi connectivity index (χ1v) is 20.6. The maximum atomic E-state index is 2.53. The summed E-state index contributed by atoms with van der Waals surface area (Å²) in [6.07, 6.45) is 6.75. The first-order valence-electron chi connectivity index (χ1n) is 19.8. The second-order valence-corrected chi connectivity index (χ2v) is 16.2. The third-order valence-corrected chi connectivity index (χ3v) is 13.2. The maximum absolute atomic E-state index is 2.53. The Morgan fingerprint density at radius 3 is 1.96 bits per heavy atom. The number of hydrogen-bond donors (Lipinski definition) is 0. The smallest absolute Gasteiger partial charge is 0.0616 e. The number of nitrogens with zero attached hydrogens (tertiary/aromatic N) is 2. The lowest BCUT2D eigenvalue weighted by Crippen LogP contribution is -2.03. The zero-order valence-corrected chi connectivity index (χ0v) is 32.0. The van der Waals surface area contributed by atoms with Crippen LogP contribution in [0.2, 0.25) is 0 Å². The Kier molecular flexibility index (Phi) is 7.26. The molecule has 8 aromatic carbocycles. The fourth-order valence-electron chi connectivity index (χ4n) is 9.50. The molecular weight excluding hydrogens is 709 g/mol. The van der Waals surface area contributed by atoms with Crippen LogP contribution in [0.1, 0.15) is 17.7 Å². The molecule has 0 saturated carbocycles. The summed E-state index contributed by atoms with van der Waals surface area (Å²) in [4.78, 5) is 0. The standard InChI is InChI=1S/C54H36N2S/c1-3-15-35(16-4-1)36-29-31-37(32-30-36)46-33-39(34-47-41-20-9-12-28-51(41)57-54(46)47)55-49-26-11-8-21-45(49)52-42(22-14-27-50(52)55)44-24-13-23-43-40-19-7-10-25-48(40)56(53(43)44)38-17-5-2-6-18-38/h1-9,11-24,26-34H,10,25H2. The van der Waals surface area contributed by atoms with E-state index >= 15 is 0 Å². The van der Waals surface area contributed by atoms with E-state index in [4.69, 9.17) is 0 Å². The van der Waals surface area contributed by atoms with Gasteiger partial charge in [-0.2, -0.15) is 0 Å². The maximum Gasteiger partial charge on any atom is 0.0616 e. The number of thiophene rings is 1. The van der Waals surface area contributed by atoms with E-state index in [1.807, 2.05) is 11.3 Å². The van der Waals surface area contributed by atoms with E-state index in [9.17, 15) is 0 Å². The van der Waals surface area contributed by atoms with Crippen LogP contribution in [0.15, 0.2) is 188 Å². The third kappa shape index (κ3) is 4.96. The summed E-state index contributed by atoms with van der Waals surface area (Å²) in [5.74, 6) is 0. The van der Waals surface area contributed by atoms with Gasteiger partial charge in [-0.05, 0) is 77.6 Å². The van der Waals surface area contributed by atoms with E-state index in [1.54, 1.807) is 0 Å². The predicted octanol–water partition coefficient (Wildman–Crippen LogP) is 15.1. The molecule has 0 atom stereocenters. The summed E-state index contributed by atoms with van der Waals surface area (Å²) in [6, 6.07) is 67.2. The van der Waals surface area contributed by atoms with Crippen LogP contribution in [-0.4, -0.2) is 9.13 Å². The van der Waals surface area contributed by atoms with Crippen LogP contribution in [0.3, 0.4) is 0 Å². The molecule has 0 amide bonds. The molecule has 11 aromatic rings. The van der Waals surface area contributed by atoms with E-state index in [0.29, 0.717) is 0 Å². The number of hydrogen-bond acceptors (Lipinski definition) is 1. The van der Waals surface area contributed by atoms with E-state index in [2.05, 4.69) is 203 Å². The van der Waals surface area contributed by atoms with Crippen molar-refractivity contribution < 1.29 is 0 Å². The highest BCUT2D eigenvalue weighted by atomic mass is 32.1. The van der Waals surface area contributed by atoms with Gasteiger partial charge in [0.15, 0.2) is 0 Å². The number of rotatable bonds is 5. The van der Waals surface area contributed by atoms with Gasteiger partial charge in [-0.3, -0.25) is 0 Å². The first kappa shape index (κ1) is 32.3. The van der Waals surface area contributed by atoms with Gasteiger partial charge in [0.25, 0.3) is 0 Å². The molecule has 0 unspecified atom stereocenters. The van der Waals surface area contributed by atoms with Gasteiger partial charge in [-0.25, -0.2) is 0 Å². The molecule has 2 nitrogen and oxygen atoms in total. The molecule has 0 N–H and O–H groups in total. The Hall–Kier alpha value is -6.94. The summed E-state index contributed by atoms with van der Waals surface area (Å²) < 4.78 is 7.67. The molecule has 12 rings (SSSR count). The lowest BCUT2D eigenvalue weighted by molar-refractivity contribution is 0.889. The van der Waals surface area contributed by atoms with E-state index < -0.39 is 0 Å². The zero-order valence-electron chi connectivity index (χ0n) is 31.2. The van der Waals surface area contributed by atoms with Crippen molar-refractivity contribution in [3.8, 4) is 44.8 Å². The molecular formula is C54H36N2S. The molecule has 0 bridgehead atoms.